The van der Waals surface area contributed by atoms with Crippen LogP contribution < -0.4 is 5.32 Å². The summed E-state index contributed by atoms with van der Waals surface area (Å²) in [4.78, 5) is 27.3. The molecule has 1 aliphatic heterocycles. The monoisotopic (exact) mass is 416 g/mol. The Labute approximate surface area is 181 Å². The van der Waals surface area contributed by atoms with Crippen LogP contribution in [0, 0.1) is 5.82 Å². The van der Waals surface area contributed by atoms with Crippen molar-refractivity contribution in [1.82, 2.24) is 10.2 Å². The lowest BCUT2D eigenvalue weighted by Gasteiger charge is -2.38. The van der Waals surface area contributed by atoms with E-state index in [0.717, 1.165) is 23.1 Å². The first kappa shape index (κ1) is 20.8. The Morgan fingerprint density at radius 2 is 1.61 bits per heavy atom. The van der Waals surface area contributed by atoms with Gasteiger partial charge in [0.25, 0.3) is 0 Å². The molecule has 4 rings (SSSR count). The predicted molar refractivity (Wildman–Crippen MR) is 118 cm³/mol. The number of hydrogen-bond acceptors (Lipinski definition) is 2. The van der Waals surface area contributed by atoms with Gasteiger partial charge in [-0.15, -0.1) is 0 Å². The molecular weight excluding hydrogens is 391 g/mol. The summed E-state index contributed by atoms with van der Waals surface area (Å²) in [5.74, 6) is -0.525. The number of fused-ring (bicyclic) bond motifs is 1. The minimum absolute atomic E-state index is 0.0275. The van der Waals surface area contributed by atoms with E-state index in [1.54, 1.807) is 12.1 Å². The highest BCUT2D eigenvalue weighted by Crippen LogP contribution is 2.35. The van der Waals surface area contributed by atoms with E-state index in [9.17, 15) is 14.0 Å². The molecule has 0 unspecified atom stereocenters. The molecule has 0 fully saturated rings. The van der Waals surface area contributed by atoms with Crippen molar-refractivity contribution < 1.29 is 14.0 Å². The topological polar surface area (TPSA) is 49.4 Å². The maximum Gasteiger partial charge on any atom is 0.223 e. The van der Waals surface area contributed by atoms with Crippen LogP contribution in [0.2, 0.25) is 0 Å². The molecule has 3 aromatic carbocycles. The molecule has 0 saturated heterocycles. The number of nitrogens with one attached hydrogen (secondary N) is 1. The summed E-state index contributed by atoms with van der Waals surface area (Å²) in [5, 5.41) is 2.80. The van der Waals surface area contributed by atoms with Gasteiger partial charge in [0.1, 0.15) is 5.82 Å². The van der Waals surface area contributed by atoms with Crippen LogP contribution in [0.1, 0.15) is 41.1 Å². The third-order valence-corrected chi connectivity index (χ3v) is 5.69. The number of carbonyl (C=O) groups is 2. The highest BCUT2D eigenvalue weighted by molar-refractivity contribution is 5.84. The van der Waals surface area contributed by atoms with E-state index in [0.29, 0.717) is 13.1 Å². The minimum atomic E-state index is -0.309. The second kappa shape index (κ2) is 9.56. The first-order chi connectivity index (χ1) is 15.1. The largest absolute Gasteiger partial charge is 0.352 e. The average molecular weight is 416 g/mol. The Balaban J connectivity index is 1.41. The lowest BCUT2D eigenvalue weighted by Crippen LogP contribution is -2.41. The molecule has 5 heteroatoms. The van der Waals surface area contributed by atoms with Crippen LogP contribution in [0.3, 0.4) is 0 Å². The molecule has 1 aliphatic rings. The van der Waals surface area contributed by atoms with Crippen molar-refractivity contribution in [2.75, 3.05) is 6.54 Å². The summed E-state index contributed by atoms with van der Waals surface area (Å²) in [5.41, 5.74) is 4.30. The van der Waals surface area contributed by atoms with Crippen molar-refractivity contribution in [3.05, 3.63) is 107 Å². The van der Waals surface area contributed by atoms with E-state index in [4.69, 9.17) is 0 Å². The van der Waals surface area contributed by atoms with Crippen LogP contribution in [0.4, 0.5) is 4.39 Å². The van der Waals surface area contributed by atoms with Crippen LogP contribution in [0.15, 0.2) is 78.9 Å². The van der Waals surface area contributed by atoms with Gasteiger partial charge in [-0.2, -0.15) is 0 Å². The first-order valence-corrected chi connectivity index (χ1v) is 10.5. The van der Waals surface area contributed by atoms with Gasteiger partial charge >= 0.3 is 0 Å². The van der Waals surface area contributed by atoms with Gasteiger partial charge in [-0.3, -0.25) is 9.59 Å². The maximum absolute atomic E-state index is 13.1. The SMILES string of the molecule is O=C(CCC(=O)N1CCc2ccccc2[C@H]1c1ccccc1)NCc1ccc(F)cc1. The maximum atomic E-state index is 13.1. The molecule has 0 saturated carbocycles. The summed E-state index contributed by atoms with van der Waals surface area (Å²) in [6, 6.07) is 24.1. The third-order valence-electron chi connectivity index (χ3n) is 5.69. The van der Waals surface area contributed by atoms with Gasteiger partial charge in [-0.1, -0.05) is 66.7 Å². The van der Waals surface area contributed by atoms with Crippen LogP contribution in [0.5, 0.6) is 0 Å². The fourth-order valence-electron chi connectivity index (χ4n) is 4.09. The summed E-state index contributed by atoms with van der Waals surface area (Å²) in [6.07, 6.45) is 1.09. The smallest absolute Gasteiger partial charge is 0.223 e. The zero-order valence-corrected chi connectivity index (χ0v) is 17.3. The first-order valence-electron chi connectivity index (χ1n) is 10.5. The fourth-order valence-corrected chi connectivity index (χ4v) is 4.09. The van der Waals surface area contributed by atoms with E-state index in [1.165, 1.54) is 17.7 Å². The summed E-state index contributed by atoms with van der Waals surface area (Å²) in [6.45, 7) is 0.948. The number of hydrogen-bond donors (Lipinski definition) is 1. The van der Waals surface area contributed by atoms with Crippen LogP contribution >= 0.6 is 0 Å². The fraction of sp³-hybridized carbons (Fsp3) is 0.231. The molecule has 3 aromatic rings. The van der Waals surface area contributed by atoms with E-state index in [1.807, 2.05) is 47.4 Å². The molecule has 1 heterocycles. The summed E-state index contributed by atoms with van der Waals surface area (Å²) < 4.78 is 13.0. The quantitative estimate of drug-likeness (QED) is 0.648. The number of nitrogens with zero attached hydrogens (tertiary/aromatic N) is 1. The van der Waals surface area contributed by atoms with E-state index < -0.39 is 0 Å². The van der Waals surface area contributed by atoms with E-state index in [2.05, 4.69) is 17.4 Å². The molecule has 1 N–H and O–H groups in total. The third kappa shape index (κ3) is 5.00. The Morgan fingerprint density at radius 1 is 0.903 bits per heavy atom. The molecule has 0 radical (unpaired) electrons. The van der Waals surface area contributed by atoms with Gasteiger partial charge in [0.15, 0.2) is 0 Å². The van der Waals surface area contributed by atoms with Crippen molar-refractivity contribution in [2.24, 2.45) is 0 Å². The van der Waals surface area contributed by atoms with Gasteiger partial charge in [-0.05, 0) is 40.8 Å². The zero-order chi connectivity index (χ0) is 21.6. The Hall–Kier alpha value is -3.47. The van der Waals surface area contributed by atoms with Crippen LogP contribution in [-0.4, -0.2) is 23.3 Å². The van der Waals surface area contributed by atoms with Crippen molar-refractivity contribution >= 4 is 11.8 Å². The zero-order valence-electron chi connectivity index (χ0n) is 17.3. The lowest BCUT2D eigenvalue weighted by molar-refractivity contribution is -0.135. The van der Waals surface area contributed by atoms with Gasteiger partial charge in [0, 0.05) is 25.9 Å². The Kier molecular flexibility index (Phi) is 6.41. The number of benzene rings is 3. The molecule has 1 atom stereocenters. The van der Waals surface area contributed by atoms with Crippen molar-refractivity contribution in [2.45, 2.75) is 31.8 Å². The number of rotatable bonds is 6. The van der Waals surface area contributed by atoms with Crippen LogP contribution in [-0.2, 0) is 22.6 Å². The molecule has 0 spiro atoms. The van der Waals surface area contributed by atoms with Crippen molar-refractivity contribution in [1.29, 1.82) is 0 Å². The van der Waals surface area contributed by atoms with Crippen molar-refractivity contribution in [3.8, 4) is 0 Å². The standard InChI is InChI=1S/C26H25FN2O2/c27-22-12-10-19(11-13-22)18-28-24(30)14-15-25(31)29-17-16-20-6-4-5-9-23(20)26(29)21-7-2-1-3-8-21/h1-13,26H,14-18H2,(H,28,30)/t26-/m1/s1. The van der Waals surface area contributed by atoms with E-state index >= 15 is 0 Å². The summed E-state index contributed by atoms with van der Waals surface area (Å²) >= 11 is 0. The molecule has 2 amide bonds. The average Bonchev–Trinajstić information content (AvgIpc) is 2.82. The Morgan fingerprint density at radius 3 is 2.39 bits per heavy atom. The second-order valence-corrected chi connectivity index (χ2v) is 7.75. The minimum Gasteiger partial charge on any atom is -0.352 e. The molecule has 0 aliphatic carbocycles. The molecule has 4 nitrogen and oxygen atoms in total. The number of amides is 2. The van der Waals surface area contributed by atoms with Gasteiger partial charge < -0.3 is 10.2 Å². The van der Waals surface area contributed by atoms with Crippen molar-refractivity contribution in [3.63, 3.8) is 0 Å². The Bertz CT molecular complexity index is 1050. The summed E-state index contributed by atoms with van der Waals surface area (Å²) in [7, 11) is 0. The lowest BCUT2D eigenvalue weighted by atomic mass is 9.88. The molecule has 158 valence electrons. The number of carbonyl (C=O) groups excluding carboxylic acids is 2. The normalized spacial score (nSPS) is 15.3. The van der Waals surface area contributed by atoms with Gasteiger partial charge in [0.05, 0.1) is 6.04 Å². The molecule has 0 aromatic heterocycles. The second-order valence-electron chi connectivity index (χ2n) is 7.75. The highest BCUT2D eigenvalue weighted by Gasteiger charge is 2.31. The molecule has 31 heavy (non-hydrogen) atoms. The number of halogens is 1. The van der Waals surface area contributed by atoms with E-state index in [-0.39, 0.29) is 36.5 Å². The predicted octanol–water partition coefficient (Wildman–Crippen LogP) is 4.40. The molecule has 0 bridgehead atoms. The van der Waals surface area contributed by atoms with Crippen LogP contribution in [0.25, 0.3) is 0 Å². The highest BCUT2D eigenvalue weighted by atomic mass is 19.1. The van der Waals surface area contributed by atoms with Gasteiger partial charge in [0.2, 0.25) is 11.8 Å². The molecular formula is C26H25FN2O2. The van der Waals surface area contributed by atoms with Gasteiger partial charge in [-0.25, -0.2) is 4.39 Å².